The summed E-state index contributed by atoms with van der Waals surface area (Å²) in [6, 6.07) is 19.1. The topological polar surface area (TPSA) is 40.5 Å². The second-order valence-corrected chi connectivity index (χ2v) is 5.49. The van der Waals surface area contributed by atoms with Gasteiger partial charge in [-0.1, -0.05) is 49.4 Å². The Labute approximate surface area is 124 Å². The zero-order chi connectivity index (χ0) is 14.8. The molecule has 0 bridgehead atoms. The largest absolute Gasteiger partial charge is 0.508 e. The molecule has 0 aliphatic rings. The quantitative estimate of drug-likeness (QED) is 0.735. The number of benzene rings is 3. The van der Waals surface area contributed by atoms with Gasteiger partial charge in [0.05, 0.1) is 0 Å². The van der Waals surface area contributed by atoms with Crippen LogP contribution < -0.4 is 0 Å². The van der Waals surface area contributed by atoms with Crippen molar-refractivity contribution in [1.29, 1.82) is 0 Å². The van der Waals surface area contributed by atoms with Crippen LogP contribution >= 0.6 is 0 Å². The van der Waals surface area contributed by atoms with Crippen molar-refractivity contribution in [1.82, 2.24) is 0 Å². The minimum atomic E-state index is 0.293. The van der Waals surface area contributed by atoms with Crippen molar-refractivity contribution >= 4 is 10.8 Å². The van der Waals surface area contributed by atoms with E-state index in [4.69, 9.17) is 0 Å². The molecule has 3 rings (SSSR count). The average molecular weight is 278 g/mol. The van der Waals surface area contributed by atoms with Crippen LogP contribution in [0.4, 0.5) is 0 Å². The van der Waals surface area contributed by atoms with Gasteiger partial charge in [-0.3, -0.25) is 0 Å². The monoisotopic (exact) mass is 278 g/mol. The van der Waals surface area contributed by atoms with Crippen molar-refractivity contribution in [3.8, 4) is 11.5 Å². The predicted molar refractivity (Wildman–Crippen MR) is 85.8 cm³/mol. The molecule has 3 aromatic rings. The summed E-state index contributed by atoms with van der Waals surface area (Å²) >= 11 is 0. The van der Waals surface area contributed by atoms with Gasteiger partial charge in [0, 0.05) is 5.39 Å². The molecule has 0 fully saturated rings. The molecule has 0 spiro atoms. The minimum absolute atomic E-state index is 0.293. The Morgan fingerprint density at radius 1 is 0.810 bits per heavy atom. The van der Waals surface area contributed by atoms with Crippen molar-refractivity contribution in [2.45, 2.75) is 19.3 Å². The Morgan fingerprint density at radius 2 is 1.48 bits per heavy atom. The molecule has 2 heteroatoms. The first-order chi connectivity index (χ1) is 10.1. The van der Waals surface area contributed by atoms with Crippen molar-refractivity contribution in [3.63, 3.8) is 0 Å². The van der Waals surface area contributed by atoms with E-state index < -0.39 is 0 Å². The van der Waals surface area contributed by atoms with E-state index in [0.29, 0.717) is 17.4 Å². The van der Waals surface area contributed by atoms with Crippen LogP contribution in [0.1, 0.15) is 24.0 Å². The second kappa shape index (κ2) is 5.49. The molecule has 0 heterocycles. The molecular weight excluding hydrogens is 260 g/mol. The van der Waals surface area contributed by atoms with Crippen molar-refractivity contribution in [2.24, 2.45) is 0 Å². The summed E-state index contributed by atoms with van der Waals surface area (Å²) in [4.78, 5) is 0. The third-order valence-corrected chi connectivity index (χ3v) is 3.94. The van der Waals surface area contributed by atoms with E-state index in [2.05, 4.69) is 19.1 Å². The van der Waals surface area contributed by atoms with E-state index in [1.54, 1.807) is 18.2 Å². The van der Waals surface area contributed by atoms with Gasteiger partial charge in [-0.25, -0.2) is 0 Å². The molecule has 0 aliphatic carbocycles. The number of aromatic hydroxyl groups is 2. The van der Waals surface area contributed by atoms with Gasteiger partial charge >= 0.3 is 0 Å². The van der Waals surface area contributed by atoms with E-state index in [1.165, 1.54) is 11.1 Å². The van der Waals surface area contributed by atoms with Crippen LogP contribution in [-0.2, 0) is 6.42 Å². The maximum atomic E-state index is 9.97. The maximum absolute atomic E-state index is 9.97. The van der Waals surface area contributed by atoms with Crippen molar-refractivity contribution in [3.05, 3.63) is 71.8 Å². The fraction of sp³-hybridized carbons (Fsp3) is 0.158. The Balaban J connectivity index is 1.96. The lowest BCUT2D eigenvalue weighted by Crippen LogP contribution is -1.99. The summed E-state index contributed by atoms with van der Waals surface area (Å²) in [6.07, 6.45) is 0.898. The summed E-state index contributed by atoms with van der Waals surface area (Å²) in [7, 11) is 0. The molecular formula is C19H18O2. The van der Waals surface area contributed by atoms with Gasteiger partial charge in [0.2, 0.25) is 0 Å². The third kappa shape index (κ3) is 2.70. The molecule has 2 nitrogen and oxygen atoms in total. The van der Waals surface area contributed by atoms with Gasteiger partial charge in [-0.05, 0) is 47.1 Å². The van der Waals surface area contributed by atoms with Crippen LogP contribution in [0.3, 0.4) is 0 Å². The number of phenolic OH excluding ortho intramolecular Hbond substituents is 2. The molecule has 1 atom stereocenters. The summed E-state index contributed by atoms with van der Waals surface area (Å²) < 4.78 is 0. The zero-order valence-corrected chi connectivity index (χ0v) is 12.0. The summed E-state index contributed by atoms with van der Waals surface area (Å²) in [5, 5.41) is 21.3. The maximum Gasteiger partial charge on any atom is 0.123 e. The predicted octanol–water partition coefficient (Wildman–Crippen LogP) is 4.60. The van der Waals surface area contributed by atoms with E-state index in [9.17, 15) is 10.2 Å². The van der Waals surface area contributed by atoms with E-state index in [0.717, 1.165) is 17.2 Å². The van der Waals surface area contributed by atoms with Crippen LogP contribution in [0.2, 0.25) is 0 Å². The lowest BCUT2D eigenvalue weighted by molar-refractivity contribution is 0.475. The lowest BCUT2D eigenvalue weighted by atomic mass is 9.90. The molecule has 0 amide bonds. The summed E-state index contributed by atoms with van der Waals surface area (Å²) in [5.41, 5.74) is 2.42. The first kappa shape index (κ1) is 13.5. The molecule has 0 unspecified atom stereocenters. The fourth-order valence-electron chi connectivity index (χ4n) is 2.84. The smallest absolute Gasteiger partial charge is 0.123 e. The molecule has 2 N–H and O–H groups in total. The van der Waals surface area contributed by atoms with Gasteiger partial charge in [-0.15, -0.1) is 0 Å². The molecule has 3 aromatic carbocycles. The highest BCUT2D eigenvalue weighted by molar-refractivity contribution is 5.91. The van der Waals surface area contributed by atoms with Crippen LogP contribution in [0.15, 0.2) is 60.7 Å². The highest BCUT2D eigenvalue weighted by atomic mass is 16.3. The lowest BCUT2D eigenvalue weighted by Gasteiger charge is -2.15. The van der Waals surface area contributed by atoms with Crippen molar-refractivity contribution in [2.75, 3.05) is 0 Å². The summed E-state index contributed by atoms with van der Waals surface area (Å²) in [5.74, 6) is 0.952. The van der Waals surface area contributed by atoms with Crippen molar-refractivity contribution < 1.29 is 10.2 Å². The van der Waals surface area contributed by atoms with Gasteiger partial charge in [0.15, 0.2) is 0 Å². The molecule has 0 saturated heterocycles. The van der Waals surface area contributed by atoms with Crippen LogP contribution in [0, 0.1) is 0 Å². The molecule has 0 radical (unpaired) electrons. The number of rotatable bonds is 3. The van der Waals surface area contributed by atoms with E-state index >= 15 is 0 Å². The standard InChI is InChI=1S/C19H18O2/c1-13(12-14-8-10-15(20)11-9-14)16-4-2-6-18-17(16)5-3-7-19(18)21/h2-11,13,20-21H,12H2,1H3/t13-/m1/s1. The highest BCUT2D eigenvalue weighted by Gasteiger charge is 2.11. The highest BCUT2D eigenvalue weighted by Crippen LogP contribution is 2.32. The van der Waals surface area contributed by atoms with Crippen LogP contribution in [-0.4, -0.2) is 10.2 Å². The fourth-order valence-corrected chi connectivity index (χ4v) is 2.84. The van der Waals surface area contributed by atoms with Crippen LogP contribution in [0.5, 0.6) is 11.5 Å². The Hall–Kier alpha value is -2.48. The SMILES string of the molecule is C[C@H](Cc1ccc(O)cc1)c1cccc2c(O)cccc12. The van der Waals surface area contributed by atoms with Crippen LogP contribution in [0.25, 0.3) is 10.8 Å². The Kier molecular flexibility index (Phi) is 3.53. The van der Waals surface area contributed by atoms with Gasteiger partial charge < -0.3 is 10.2 Å². The molecule has 21 heavy (non-hydrogen) atoms. The molecule has 0 aliphatic heterocycles. The first-order valence-corrected chi connectivity index (χ1v) is 7.13. The second-order valence-electron chi connectivity index (χ2n) is 5.49. The average Bonchev–Trinajstić information content (AvgIpc) is 2.49. The molecule has 0 saturated carbocycles. The first-order valence-electron chi connectivity index (χ1n) is 7.13. The normalized spacial score (nSPS) is 12.4. The van der Waals surface area contributed by atoms with Gasteiger partial charge in [-0.2, -0.15) is 0 Å². The van der Waals surface area contributed by atoms with Gasteiger partial charge in [0.25, 0.3) is 0 Å². The number of hydrogen-bond acceptors (Lipinski definition) is 2. The third-order valence-electron chi connectivity index (χ3n) is 3.94. The number of phenols is 2. The molecule has 106 valence electrons. The number of fused-ring (bicyclic) bond motifs is 1. The van der Waals surface area contributed by atoms with E-state index in [1.807, 2.05) is 30.3 Å². The minimum Gasteiger partial charge on any atom is -0.508 e. The van der Waals surface area contributed by atoms with Gasteiger partial charge in [0.1, 0.15) is 11.5 Å². The molecule has 0 aromatic heterocycles. The number of hydrogen-bond donors (Lipinski definition) is 2. The Bertz CT molecular complexity index is 760. The summed E-state index contributed by atoms with van der Waals surface area (Å²) in [6.45, 7) is 2.19. The van der Waals surface area contributed by atoms with E-state index in [-0.39, 0.29) is 0 Å². The zero-order valence-electron chi connectivity index (χ0n) is 12.0. The Morgan fingerprint density at radius 3 is 2.24 bits per heavy atom.